The van der Waals surface area contributed by atoms with Crippen LogP contribution in [-0.2, 0) is 6.42 Å². The molecule has 2 rings (SSSR count). The average molecular weight is 462 g/mol. The first-order chi connectivity index (χ1) is 10.0. The van der Waals surface area contributed by atoms with Crippen LogP contribution in [0, 0.1) is 16.3 Å². The predicted molar refractivity (Wildman–Crippen MR) is 98.1 cm³/mol. The lowest BCUT2D eigenvalue weighted by atomic mass is 9.97. The summed E-state index contributed by atoms with van der Waals surface area (Å²) < 4.78 is 15.2. The van der Waals surface area contributed by atoms with Gasteiger partial charge in [0.05, 0.1) is 4.47 Å². The molecular weight excluding hydrogens is 444 g/mol. The number of hydrogen-bond donors (Lipinski definition) is 1. The van der Waals surface area contributed by atoms with Crippen molar-refractivity contribution in [2.45, 2.75) is 26.3 Å². The van der Waals surface area contributed by atoms with Gasteiger partial charge in [-0.1, -0.05) is 31.2 Å². The lowest BCUT2D eigenvalue weighted by Gasteiger charge is -2.21. The van der Waals surface area contributed by atoms with Gasteiger partial charge >= 0.3 is 0 Å². The molecule has 1 unspecified atom stereocenters. The van der Waals surface area contributed by atoms with E-state index in [0.29, 0.717) is 4.47 Å². The highest BCUT2D eigenvalue weighted by atomic mass is 127. The second-order valence-electron chi connectivity index (χ2n) is 5.04. The van der Waals surface area contributed by atoms with Crippen LogP contribution in [-0.4, -0.2) is 6.54 Å². The smallest absolute Gasteiger partial charge is 0.137 e. The first kappa shape index (κ1) is 16.9. The minimum atomic E-state index is -0.219. The summed E-state index contributed by atoms with van der Waals surface area (Å²) >= 11 is 5.67. The SMILES string of the molecule is CCNC(Cc1ccc(F)c(Br)c1)c1cccc(C)c1I. The Bertz CT molecular complexity index is 630. The van der Waals surface area contributed by atoms with Crippen LogP contribution in [0.3, 0.4) is 0 Å². The zero-order valence-corrected chi connectivity index (χ0v) is 15.8. The second kappa shape index (κ2) is 7.70. The first-order valence-corrected chi connectivity index (χ1v) is 8.82. The quantitative estimate of drug-likeness (QED) is 0.588. The van der Waals surface area contributed by atoms with Crippen molar-refractivity contribution in [3.8, 4) is 0 Å². The van der Waals surface area contributed by atoms with Crippen LogP contribution in [0.1, 0.15) is 29.7 Å². The Labute approximate surface area is 147 Å². The number of benzene rings is 2. The van der Waals surface area contributed by atoms with E-state index in [1.165, 1.54) is 20.8 Å². The van der Waals surface area contributed by atoms with Gasteiger partial charge in [-0.3, -0.25) is 0 Å². The highest BCUT2D eigenvalue weighted by molar-refractivity contribution is 14.1. The number of halogens is 3. The van der Waals surface area contributed by atoms with E-state index in [-0.39, 0.29) is 11.9 Å². The van der Waals surface area contributed by atoms with E-state index in [0.717, 1.165) is 18.5 Å². The van der Waals surface area contributed by atoms with Gasteiger partial charge in [-0.05, 0) is 87.2 Å². The van der Waals surface area contributed by atoms with Crippen LogP contribution in [0.5, 0.6) is 0 Å². The third-order valence-corrected chi connectivity index (χ3v) is 5.55. The predicted octanol–water partition coefficient (Wildman–Crippen LogP) is 5.39. The molecule has 0 aliphatic rings. The largest absolute Gasteiger partial charge is 0.310 e. The molecule has 1 atom stereocenters. The van der Waals surface area contributed by atoms with Crippen molar-refractivity contribution in [1.82, 2.24) is 5.32 Å². The van der Waals surface area contributed by atoms with Crippen molar-refractivity contribution in [2.24, 2.45) is 0 Å². The van der Waals surface area contributed by atoms with Gasteiger partial charge < -0.3 is 5.32 Å². The molecule has 2 aromatic carbocycles. The molecule has 0 saturated carbocycles. The Morgan fingerprint density at radius 1 is 1.29 bits per heavy atom. The molecule has 0 bridgehead atoms. The maximum atomic E-state index is 13.4. The van der Waals surface area contributed by atoms with E-state index >= 15 is 0 Å². The molecule has 2 aromatic rings. The normalized spacial score (nSPS) is 12.4. The summed E-state index contributed by atoms with van der Waals surface area (Å²) in [4.78, 5) is 0. The van der Waals surface area contributed by atoms with E-state index in [1.54, 1.807) is 0 Å². The topological polar surface area (TPSA) is 12.0 Å². The number of aryl methyl sites for hydroxylation is 1. The molecule has 1 N–H and O–H groups in total. The maximum Gasteiger partial charge on any atom is 0.137 e. The number of rotatable bonds is 5. The van der Waals surface area contributed by atoms with Gasteiger partial charge in [0.2, 0.25) is 0 Å². The van der Waals surface area contributed by atoms with Crippen LogP contribution < -0.4 is 5.32 Å². The Kier molecular flexibility index (Phi) is 6.20. The molecule has 0 spiro atoms. The molecule has 0 radical (unpaired) electrons. The fourth-order valence-electron chi connectivity index (χ4n) is 2.38. The van der Waals surface area contributed by atoms with Crippen LogP contribution >= 0.6 is 38.5 Å². The van der Waals surface area contributed by atoms with Crippen LogP contribution in [0.15, 0.2) is 40.9 Å². The summed E-state index contributed by atoms with van der Waals surface area (Å²) in [5.74, 6) is -0.219. The Morgan fingerprint density at radius 2 is 2.05 bits per heavy atom. The molecule has 21 heavy (non-hydrogen) atoms. The van der Waals surface area contributed by atoms with Gasteiger partial charge in [-0.2, -0.15) is 0 Å². The fraction of sp³-hybridized carbons (Fsp3) is 0.294. The van der Waals surface area contributed by atoms with Gasteiger partial charge in [0.1, 0.15) is 5.82 Å². The van der Waals surface area contributed by atoms with E-state index < -0.39 is 0 Å². The van der Waals surface area contributed by atoms with Gasteiger partial charge in [0, 0.05) is 9.61 Å². The first-order valence-electron chi connectivity index (χ1n) is 6.95. The van der Waals surface area contributed by atoms with Crippen molar-refractivity contribution in [3.63, 3.8) is 0 Å². The zero-order chi connectivity index (χ0) is 15.4. The van der Waals surface area contributed by atoms with Gasteiger partial charge in [0.15, 0.2) is 0 Å². The lowest BCUT2D eigenvalue weighted by molar-refractivity contribution is 0.546. The van der Waals surface area contributed by atoms with Crippen molar-refractivity contribution >= 4 is 38.5 Å². The number of nitrogens with one attached hydrogen (secondary N) is 1. The number of likely N-dealkylation sites (N-methyl/N-ethyl adjacent to an activating group) is 1. The average Bonchev–Trinajstić information content (AvgIpc) is 2.45. The monoisotopic (exact) mass is 461 g/mol. The molecule has 0 heterocycles. The molecule has 0 aromatic heterocycles. The maximum absolute atomic E-state index is 13.4. The standard InChI is InChI=1S/C17H18BrFIN/c1-3-21-16(13-6-4-5-11(2)17(13)20)10-12-7-8-15(19)14(18)9-12/h4-9,16,21H,3,10H2,1-2H3. The lowest BCUT2D eigenvalue weighted by Crippen LogP contribution is -2.24. The van der Waals surface area contributed by atoms with Crippen LogP contribution in [0.2, 0.25) is 0 Å². The molecule has 1 nitrogen and oxygen atoms in total. The van der Waals surface area contributed by atoms with Gasteiger partial charge in [-0.25, -0.2) is 4.39 Å². The van der Waals surface area contributed by atoms with Gasteiger partial charge in [-0.15, -0.1) is 0 Å². The summed E-state index contributed by atoms with van der Waals surface area (Å²) in [6.45, 7) is 5.13. The molecule has 0 aliphatic heterocycles. The molecule has 112 valence electrons. The van der Waals surface area contributed by atoms with E-state index in [1.807, 2.05) is 12.1 Å². The van der Waals surface area contributed by atoms with Gasteiger partial charge in [0.25, 0.3) is 0 Å². The molecular formula is C17H18BrFIN. The third-order valence-electron chi connectivity index (χ3n) is 3.47. The van der Waals surface area contributed by atoms with Crippen molar-refractivity contribution in [2.75, 3.05) is 6.54 Å². The highest BCUT2D eigenvalue weighted by Gasteiger charge is 2.15. The van der Waals surface area contributed by atoms with E-state index in [9.17, 15) is 4.39 Å². The summed E-state index contributed by atoms with van der Waals surface area (Å²) in [6.07, 6.45) is 0.839. The minimum absolute atomic E-state index is 0.219. The highest BCUT2D eigenvalue weighted by Crippen LogP contribution is 2.27. The third kappa shape index (κ3) is 4.27. The fourth-order valence-corrected chi connectivity index (χ4v) is 3.54. The van der Waals surface area contributed by atoms with Crippen molar-refractivity contribution in [3.05, 3.63) is 66.9 Å². The molecule has 0 amide bonds. The Balaban J connectivity index is 2.30. The second-order valence-corrected chi connectivity index (χ2v) is 6.97. The van der Waals surface area contributed by atoms with Crippen LogP contribution in [0.4, 0.5) is 4.39 Å². The Hall–Kier alpha value is -0.460. The summed E-state index contributed by atoms with van der Waals surface area (Å²) in [6, 6.07) is 11.9. The summed E-state index contributed by atoms with van der Waals surface area (Å²) in [5, 5.41) is 3.54. The van der Waals surface area contributed by atoms with Crippen molar-refractivity contribution in [1.29, 1.82) is 0 Å². The Morgan fingerprint density at radius 3 is 2.71 bits per heavy atom. The molecule has 0 fully saturated rings. The molecule has 0 saturated heterocycles. The minimum Gasteiger partial charge on any atom is -0.310 e. The van der Waals surface area contributed by atoms with E-state index in [2.05, 4.69) is 75.9 Å². The van der Waals surface area contributed by atoms with Crippen LogP contribution in [0.25, 0.3) is 0 Å². The molecule has 0 aliphatic carbocycles. The number of hydrogen-bond acceptors (Lipinski definition) is 1. The van der Waals surface area contributed by atoms with Crippen molar-refractivity contribution < 1.29 is 4.39 Å². The summed E-state index contributed by atoms with van der Waals surface area (Å²) in [5.41, 5.74) is 3.71. The zero-order valence-electron chi connectivity index (χ0n) is 12.1. The summed E-state index contributed by atoms with van der Waals surface area (Å²) in [7, 11) is 0. The molecule has 4 heteroatoms. The van der Waals surface area contributed by atoms with E-state index in [4.69, 9.17) is 0 Å².